The maximum atomic E-state index is 11.5. The van der Waals surface area contributed by atoms with Crippen molar-refractivity contribution >= 4 is 16.9 Å². The van der Waals surface area contributed by atoms with E-state index in [1.807, 2.05) is 32.0 Å². The molecule has 3 nitrogen and oxygen atoms in total. The first-order chi connectivity index (χ1) is 8.49. The summed E-state index contributed by atoms with van der Waals surface area (Å²) in [7, 11) is 0. The molecular formula is C15H19NO2. The van der Waals surface area contributed by atoms with Gasteiger partial charge in [-0.3, -0.25) is 0 Å². The number of carbonyl (C=O) groups is 1. The molecule has 0 aliphatic heterocycles. The molecule has 1 aromatic heterocycles. The Kier molecular flexibility index (Phi) is 3.16. The summed E-state index contributed by atoms with van der Waals surface area (Å²) in [6.45, 7) is 8.11. The summed E-state index contributed by atoms with van der Waals surface area (Å²) in [6.07, 6.45) is 0.984. The number of hydrogen-bond donors (Lipinski definition) is 1. The SMILES string of the molecule is CCC(C)n1c(C)c(C(=O)O)c2c(C)cccc21. The number of aromatic nitrogens is 1. The highest BCUT2D eigenvalue weighted by Crippen LogP contribution is 2.32. The summed E-state index contributed by atoms with van der Waals surface area (Å²) in [5.41, 5.74) is 3.35. The number of aromatic carboxylic acids is 1. The van der Waals surface area contributed by atoms with Gasteiger partial charge in [0.1, 0.15) is 0 Å². The lowest BCUT2D eigenvalue weighted by Gasteiger charge is -2.15. The molecule has 18 heavy (non-hydrogen) atoms. The topological polar surface area (TPSA) is 42.2 Å². The second-order valence-corrected chi connectivity index (χ2v) is 4.86. The molecular weight excluding hydrogens is 226 g/mol. The second-order valence-electron chi connectivity index (χ2n) is 4.86. The molecule has 0 fully saturated rings. The van der Waals surface area contributed by atoms with E-state index in [1.165, 1.54) is 0 Å². The lowest BCUT2D eigenvalue weighted by molar-refractivity contribution is 0.0698. The zero-order chi connectivity index (χ0) is 13.4. The van der Waals surface area contributed by atoms with Crippen molar-refractivity contribution in [3.8, 4) is 0 Å². The van der Waals surface area contributed by atoms with E-state index in [9.17, 15) is 9.90 Å². The number of aryl methyl sites for hydroxylation is 1. The summed E-state index contributed by atoms with van der Waals surface area (Å²) in [6, 6.07) is 6.27. The van der Waals surface area contributed by atoms with Crippen molar-refractivity contribution in [2.75, 3.05) is 0 Å². The van der Waals surface area contributed by atoms with Crippen molar-refractivity contribution in [3.63, 3.8) is 0 Å². The van der Waals surface area contributed by atoms with E-state index in [4.69, 9.17) is 0 Å². The zero-order valence-corrected chi connectivity index (χ0v) is 11.3. The van der Waals surface area contributed by atoms with E-state index in [1.54, 1.807) is 0 Å². The molecule has 2 rings (SSSR count). The number of rotatable bonds is 3. The van der Waals surface area contributed by atoms with Gasteiger partial charge in [0.05, 0.1) is 5.56 Å². The molecule has 1 atom stereocenters. The van der Waals surface area contributed by atoms with Crippen LogP contribution in [-0.4, -0.2) is 15.6 Å². The molecule has 0 bridgehead atoms. The molecule has 1 heterocycles. The van der Waals surface area contributed by atoms with Gasteiger partial charge in [0.15, 0.2) is 0 Å². The highest BCUT2D eigenvalue weighted by atomic mass is 16.4. The largest absolute Gasteiger partial charge is 0.478 e. The van der Waals surface area contributed by atoms with Gasteiger partial charge in [-0.1, -0.05) is 19.1 Å². The van der Waals surface area contributed by atoms with Gasteiger partial charge in [-0.15, -0.1) is 0 Å². The van der Waals surface area contributed by atoms with E-state index >= 15 is 0 Å². The fourth-order valence-electron chi connectivity index (χ4n) is 2.67. The van der Waals surface area contributed by atoms with Gasteiger partial charge in [-0.25, -0.2) is 4.79 Å². The van der Waals surface area contributed by atoms with E-state index < -0.39 is 5.97 Å². The highest BCUT2D eigenvalue weighted by Gasteiger charge is 2.22. The molecule has 0 radical (unpaired) electrons. The van der Waals surface area contributed by atoms with Gasteiger partial charge in [0, 0.05) is 22.6 Å². The number of carboxylic acid groups (broad SMARTS) is 1. The monoisotopic (exact) mass is 245 g/mol. The molecule has 0 saturated carbocycles. The molecule has 0 amide bonds. The second kappa shape index (κ2) is 4.48. The van der Waals surface area contributed by atoms with Crippen molar-refractivity contribution in [3.05, 3.63) is 35.0 Å². The van der Waals surface area contributed by atoms with Crippen molar-refractivity contribution in [2.45, 2.75) is 40.2 Å². The first-order valence-corrected chi connectivity index (χ1v) is 6.32. The van der Waals surface area contributed by atoms with Crippen LogP contribution in [0.3, 0.4) is 0 Å². The third kappa shape index (κ3) is 1.70. The van der Waals surface area contributed by atoms with Gasteiger partial charge < -0.3 is 9.67 Å². The molecule has 96 valence electrons. The molecule has 0 saturated heterocycles. The lowest BCUT2D eigenvalue weighted by Crippen LogP contribution is -2.07. The predicted octanol–water partition coefficient (Wildman–Crippen LogP) is 3.93. The van der Waals surface area contributed by atoms with Crippen molar-refractivity contribution < 1.29 is 9.90 Å². The predicted molar refractivity (Wildman–Crippen MR) is 73.4 cm³/mol. The molecule has 2 aromatic rings. The van der Waals surface area contributed by atoms with Crippen LogP contribution in [-0.2, 0) is 0 Å². The Hall–Kier alpha value is -1.77. The fraction of sp³-hybridized carbons (Fsp3) is 0.400. The van der Waals surface area contributed by atoms with Crippen LogP contribution < -0.4 is 0 Å². The zero-order valence-electron chi connectivity index (χ0n) is 11.3. The quantitative estimate of drug-likeness (QED) is 0.890. The molecule has 1 aromatic carbocycles. The fourth-order valence-corrected chi connectivity index (χ4v) is 2.67. The minimum atomic E-state index is -0.839. The summed E-state index contributed by atoms with van der Waals surface area (Å²) in [5, 5.41) is 10.3. The van der Waals surface area contributed by atoms with Gasteiger partial charge in [0.2, 0.25) is 0 Å². The van der Waals surface area contributed by atoms with Gasteiger partial charge in [-0.2, -0.15) is 0 Å². The van der Waals surface area contributed by atoms with Gasteiger partial charge in [0.25, 0.3) is 0 Å². The summed E-state index contributed by atoms with van der Waals surface area (Å²) in [5.74, 6) is -0.839. The van der Waals surface area contributed by atoms with Crippen LogP contribution in [0, 0.1) is 13.8 Å². The van der Waals surface area contributed by atoms with Gasteiger partial charge >= 0.3 is 5.97 Å². The van der Waals surface area contributed by atoms with E-state index in [-0.39, 0.29) is 0 Å². The first kappa shape index (κ1) is 12.7. The third-order valence-corrected chi connectivity index (χ3v) is 3.73. The van der Waals surface area contributed by atoms with Crippen molar-refractivity contribution in [1.29, 1.82) is 0 Å². The Balaban J connectivity index is 2.92. The summed E-state index contributed by atoms with van der Waals surface area (Å²) < 4.78 is 2.14. The minimum Gasteiger partial charge on any atom is -0.478 e. The average Bonchev–Trinajstić information content (AvgIpc) is 2.62. The number of fused-ring (bicyclic) bond motifs is 1. The van der Waals surface area contributed by atoms with Crippen LogP contribution >= 0.6 is 0 Å². The Morgan fingerprint density at radius 2 is 2.06 bits per heavy atom. The van der Waals surface area contributed by atoms with Gasteiger partial charge in [-0.05, 0) is 38.8 Å². The molecule has 1 unspecified atom stereocenters. The number of benzene rings is 1. The smallest absolute Gasteiger partial charge is 0.338 e. The molecule has 0 spiro atoms. The Morgan fingerprint density at radius 3 is 2.61 bits per heavy atom. The molecule has 0 aliphatic carbocycles. The maximum absolute atomic E-state index is 11.5. The van der Waals surface area contributed by atoms with Crippen LogP contribution in [0.4, 0.5) is 0 Å². The molecule has 3 heteroatoms. The Morgan fingerprint density at radius 1 is 1.39 bits per heavy atom. The lowest BCUT2D eigenvalue weighted by atomic mass is 10.1. The van der Waals surface area contributed by atoms with Crippen LogP contribution in [0.1, 0.15) is 47.9 Å². The summed E-state index contributed by atoms with van der Waals surface area (Å²) in [4.78, 5) is 11.5. The number of carboxylic acids is 1. The Bertz CT molecular complexity index is 610. The first-order valence-electron chi connectivity index (χ1n) is 6.32. The van der Waals surface area contributed by atoms with E-state index in [2.05, 4.69) is 18.4 Å². The van der Waals surface area contributed by atoms with Crippen LogP contribution in [0.5, 0.6) is 0 Å². The number of nitrogens with zero attached hydrogens (tertiary/aromatic N) is 1. The average molecular weight is 245 g/mol. The van der Waals surface area contributed by atoms with Crippen LogP contribution in [0.15, 0.2) is 18.2 Å². The maximum Gasteiger partial charge on any atom is 0.338 e. The number of hydrogen-bond acceptors (Lipinski definition) is 1. The molecule has 1 N–H and O–H groups in total. The minimum absolute atomic E-state index is 0.308. The van der Waals surface area contributed by atoms with Crippen LogP contribution in [0.25, 0.3) is 10.9 Å². The standard InChI is InChI=1S/C15H19NO2/c1-5-10(3)16-11(4)14(15(17)18)13-9(2)7-6-8-12(13)16/h6-8,10H,5H2,1-4H3,(H,17,18). The van der Waals surface area contributed by atoms with E-state index in [0.717, 1.165) is 28.6 Å². The van der Waals surface area contributed by atoms with Crippen molar-refractivity contribution in [1.82, 2.24) is 4.57 Å². The Labute approximate surface area is 107 Å². The highest BCUT2D eigenvalue weighted by molar-refractivity contribution is 6.06. The van der Waals surface area contributed by atoms with Crippen LogP contribution in [0.2, 0.25) is 0 Å². The third-order valence-electron chi connectivity index (χ3n) is 3.73. The van der Waals surface area contributed by atoms with E-state index in [0.29, 0.717) is 11.6 Å². The van der Waals surface area contributed by atoms with Crippen molar-refractivity contribution in [2.24, 2.45) is 0 Å². The normalized spacial score (nSPS) is 12.9. The summed E-state index contributed by atoms with van der Waals surface area (Å²) >= 11 is 0. The molecule has 0 aliphatic rings.